The molecule has 2 aliphatic heterocycles. The van der Waals surface area contributed by atoms with Crippen LogP contribution >= 0.6 is 0 Å². The topological polar surface area (TPSA) is 3.24 Å². The van der Waals surface area contributed by atoms with Crippen molar-refractivity contribution < 1.29 is 0 Å². The number of hydrogen-bond acceptors (Lipinski definition) is 1. The fourth-order valence-electron chi connectivity index (χ4n) is 4.49. The Labute approximate surface area is 134 Å². The fourth-order valence-corrected chi connectivity index (χ4v) is 4.49. The van der Waals surface area contributed by atoms with Gasteiger partial charge in [0.05, 0.1) is 0 Å². The number of rotatable bonds is 2. The maximum atomic E-state index is 2.61. The van der Waals surface area contributed by atoms with E-state index < -0.39 is 0 Å². The van der Waals surface area contributed by atoms with Crippen molar-refractivity contribution >= 4 is 0 Å². The van der Waals surface area contributed by atoms with E-state index in [4.69, 9.17) is 0 Å². The Bertz CT molecular complexity index is 665. The summed E-state index contributed by atoms with van der Waals surface area (Å²) >= 11 is 0. The van der Waals surface area contributed by atoms with E-state index in [1.807, 2.05) is 0 Å². The lowest BCUT2D eigenvalue weighted by atomic mass is 9.60. The average Bonchev–Trinajstić information content (AvgIpc) is 2.58. The van der Waals surface area contributed by atoms with Gasteiger partial charge in [0.25, 0.3) is 0 Å². The van der Waals surface area contributed by atoms with E-state index in [1.54, 1.807) is 5.56 Å². The second-order valence-electron chi connectivity index (χ2n) is 7.58. The number of hydrogen-bond donors (Lipinski definition) is 0. The lowest BCUT2D eigenvalue weighted by molar-refractivity contribution is -0.0221. The van der Waals surface area contributed by atoms with E-state index >= 15 is 0 Å². The van der Waals surface area contributed by atoms with Crippen molar-refractivity contribution in [2.45, 2.75) is 43.6 Å². The molecule has 1 aliphatic carbocycles. The van der Waals surface area contributed by atoms with Gasteiger partial charge in [0.1, 0.15) is 0 Å². The summed E-state index contributed by atoms with van der Waals surface area (Å²) in [4.78, 5) is 2.61. The van der Waals surface area contributed by atoms with Crippen LogP contribution in [0.4, 0.5) is 0 Å². The van der Waals surface area contributed by atoms with E-state index in [9.17, 15) is 0 Å². The molecule has 1 heteroatoms. The van der Waals surface area contributed by atoms with Crippen molar-refractivity contribution in [1.29, 1.82) is 0 Å². The van der Waals surface area contributed by atoms with Gasteiger partial charge in [0.2, 0.25) is 0 Å². The standard InChI is InChI=1S/C21H25N/c1-20-11-13-21(14-12-20,16-22(20)2)19-10-6-9-18(15-19)17-7-4-3-5-8-17/h3-10,15H,11-14,16H2,1-2H3. The van der Waals surface area contributed by atoms with Crippen LogP contribution in [0.15, 0.2) is 54.6 Å². The Hall–Kier alpha value is -1.60. The van der Waals surface area contributed by atoms with Gasteiger partial charge in [-0.2, -0.15) is 0 Å². The smallest absolute Gasteiger partial charge is 0.0179 e. The molecule has 0 unspecified atom stereocenters. The van der Waals surface area contributed by atoms with Crippen LogP contribution in [-0.2, 0) is 5.41 Å². The second-order valence-corrected chi connectivity index (χ2v) is 7.58. The molecule has 0 N–H and O–H groups in total. The van der Waals surface area contributed by atoms with Crippen molar-refractivity contribution in [3.8, 4) is 11.1 Å². The van der Waals surface area contributed by atoms with Gasteiger partial charge in [-0.1, -0.05) is 54.6 Å². The van der Waals surface area contributed by atoms with E-state index in [-0.39, 0.29) is 0 Å². The summed E-state index contributed by atoms with van der Waals surface area (Å²) in [5.41, 5.74) is 5.04. The first-order valence-electron chi connectivity index (χ1n) is 8.49. The molecule has 3 aliphatic rings. The molecule has 0 atom stereocenters. The van der Waals surface area contributed by atoms with Crippen molar-refractivity contribution in [2.24, 2.45) is 0 Å². The number of nitrogens with zero attached hydrogens (tertiary/aromatic N) is 1. The second kappa shape index (κ2) is 4.96. The largest absolute Gasteiger partial charge is 0.300 e. The van der Waals surface area contributed by atoms with Gasteiger partial charge in [-0.05, 0) is 56.3 Å². The minimum absolute atomic E-state index is 0.372. The monoisotopic (exact) mass is 291 g/mol. The molecule has 1 nitrogen and oxygen atoms in total. The van der Waals surface area contributed by atoms with Gasteiger partial charge in [-0.3, -0.25) is 0 Å². The Morgan fingerprint density at radius 1 is 0.818 bits per heavy atom. The summed E-state index contributed by atoms with van der Waals surface area (Å²) in [6.45, 7) is 3.65. The van der Waals surface area contributed by atoms with Crippen LogP contribution in [0.1, 0.15) is 38.2 Å². The quantitative estimate of drug-likeness (QED) is 0.763. The van der Waals surface area contributed by atoms with Gasteiger partial charge < -0.3 is 4.90 Å². The van der Waals surface area contributed by atoms with E-state index in [0.29, 0.717) is 11.0 Å². The third-order valence-corrected chi connectivity index (χ3v) is 6.33. The molecular formula is C21H25N. The van der Waals surface area contributed by atoms with Gasteiger partial charge >= 0.3 is 0 Å². The molecular weight excluding hydrogens is 266 g/mol. The molecule has 2 aromatic carbocycles. The van der Waals surface area contributed by atoms with Gasteiger partial charge in [0, 0.05) is 17.5 Å². The summed E-state index contributed by atoms with van der Waals surface area (Å²) < 4.78 is 0. The molecule has 5 rings (SSSR count). The van der Waals surface area contributed by atoms with E-state index in [1.165, 1.54) is 43.4 Å². The minimum atomic E-state index is 0.372. The van der Waals surface area contributed by atoms with Crippen molar-refractivity contribution in [3.05, 3.63) is 60.2 Å². The van der Waals surface area contributed by atoms with Crippen LogP contribution in [0, 0.1) is 0 Å². The van der Waals surface area contributed by atoms with Crippen LogP contribution in [0.25, 0.3) is 11.1 Å². The Morgan fingerprint density at radius 3 is 2.18 bits per heavy atom. The average molecular weight is 291 g/mol. The lowest BCUT2D eigenvalue weighted by Gasteiger charge is -2.58. The Balaban J connectivity index is 1.72. The summed E-state index contributed by atoms with van der Waals surface area (Å²) in [5.74, 6) is 0. The fraction of sp³-hybridized carbons (Fsp3) is 0.429. The molecule has 2 saturated heterocycles. The zero-order chi connectivity index (χ0) is 15.2. The number of benzene rings is 2. The summed E-state index contributed by atoms with van der Waals surface area (Å²) in [5, 5.41) is 0. The zero-order valence-corrected chi connectivity index (χ0v) is 13.7. The van der Waals surface area contributed by atoms with Gasteiger partial charge in [-0.25, -0.2) is 0 Å². The maximum absolute atomic E-state index is 2.61. The van der Waals surface area contributed by atoms with Crippen LogP contribution in [0.5, 0.6) is 0 Å². The lowest BCUT2D eigenvalue weighted by Crippen LogP contribution is -2.60. The third-order valence-electron chi connectivity index (χ3n) is 6.33. The molecule has 0 spiro atoms. The highest BCUT2D eigenvalue weighted by Crippen LogP contribution is 2.51. The van der Waals surface area contributed by atoms with Crippen molar-refractivity contribution in [2.75, 3.05) is 13.6 Å². The first-order valence-corrected chi connectivity index (χ1v) is 8.49. The first kappa shape index (κ1) is 14.0. The van der Waals surface area contributed by atoms with E-state index in [0.717, 1.165) is 0 Å². The zero-order valence-electron chi connectivity index (χ0n) is 13.7. The number of fused-ring (bicyclic) bond motifs is 3. The highest BCUT2D eigenvalue weighted by molar-refractivity contribution is 5.64. The predicted molar refractivity (Wildman–Crippen MR) is 93.1 cm³/mol. The SMILES string of the molecule is CN1CC2(c3cccc(-c4ccccc4)c3)CCC1(C)CC2. The predicted octanol–water partition coefficient (Wildman–Crippen LogP) is 4.87. The molecule has 3 fully saturated rings. The van der Waals surface area contributed by atoms with Gasteiger partial charge in [-0.15, -0.1) is 0 Å². The molecule has 2 heterocycles. The molecule has 1 saturated carbocycles. The maximum Gasteiger partial charge on any atom is 0.0179 e. The summed E-state index contributed by atoms with van der Waals surface area (Å²) in [6.07, 6.45) is 5.34. The molecule has 2 bridgehead atoms. The summed E-state index contributed by atoms with van der Waals surface area (Å²) in [7, 11) is 2.31. The molecule has 114 valence electrons. The molecule has 0 amide bonds. The Morgan fingerprint density at radius 2 is 1.50 bits per heavy atom. The molecule has 0 aromatic heterocycles. The van der Waals surface area contributed by atoms with Crippen molar-refractivity contribution in [3.63, 3.8) is 0 Å². The number of piperidine rings is 2. The van der Waals surface area contributed by atoms with Gasteiger partial charge in [0.15, 0.2) is 0 Å². The highest BCUT2D eigenvalue weighted by atomic mass is 15.2. The van der Waals surface area contributed by atoms with Crippen LogP contribution < -0.4 is 0 Å². The van der Waals surface area contributed by atoms with E-state index in [2.05, 4.69) is 73.5 Å². The first-order chi connectivity index (χ1) is 10.6. The van der Waals surface area contributed by atoms with Crippen molar-refractivity contribution in [1.82, 2.24) is 4.90 Å². The Kier molecular flexibility index (Phi) is 3.16. The summed E-state index contributed by atoms with van der Waals surface area (Å²) in [6, 6.07) is 20.0. The third kappa shape index (κ3) is 2.11. The number of likely N-dealkylation sites (N-methyl/N-ethyl adjacent to an activating group) is 1. The molecule has 0 radical (unpaired) electrons. The van der Waals surface area contributed by atoms with Crippen LogP contribution in [0.3, 0.4) is 0 Å². The molecule has 2 aromatic rings. The molecule has 22 heavy (non-hydrogen) atoms. The minimum Gasteiger partial charge on any atom is -0.300 e. The highest BCUT2D eigenvalue weighted by Gasteiger charge is 2.49. The van der Waals surface area contributed by atoms with Crippen LogP contribution in [-0.4, -0.2) is 24.0 Å². The van der Waals surface area contributed by atoms with Crippen LogP contribution in [0.2, 0.25) is 0 Å². The normalized spacial score (nSPS) is 31.4.